The molecule has 1 saturated heterocycles. The van der Waals surface area contributed by atoms with Gasteiger partial charge in [0, 0.05) is 31.7 Å². The van der Waals surface area contributed by atoms with Crippen molar-refractivity contribution < 1.29 is 22.7 Å². The minimum Gasteiger partial charge on any atom is -0.508 e. The van der Waals surface area contributed by atoms with Gasteiger partial charge in [0.1, 0.15) is 12.4 Å². The third kappa shape index (κ3) is 3.21. The maximum Gasteiger partial charge on any atom is 0.416 e. The lowest BCUT2D eigenvalue weighted by molar-refractivity contribution is -0.137. The van der Waals surface area contributed by atoms with Gasteiger partial charge in [0.05, 0.1) is 11.6 Å². The van der Waals surface area contributed by atoms with Gasteiger partial charge in [0.15, 0.2) is 0 Å². The maximum absolute atomic E-state index is 13.3. The fourth-order valence-corrected chi connectivity index (χ4v) is 2.37. The van der Waals surface area contributed by atoms with Crippen molar-refractivity contribution in [2.45, 2.75) is 12.2 Å². The summed E-state index contributed by atoms with van der Waals surface area (Å²) in [5.74, 6) is -0.306. The highest BCUT2D eigenvalue weighted by Crippen LogP contribution is 2.36. The second-order valence-electron chi connectivity index (χ2n) is 4.73. The molecule has 1 aliphatic heterocycles. The van der Waals surface area contributed by atoms with E-state index >= 15 is 0 Å². The first-order valence-electron chi connectivity index (χ1n) is 6.34. The average molecular weight is 292 g/mol. The summed E-state index contributed by atoms with van der Waals surface area (Å²) in [6, 6.07) is 1.76. The Bertz CT molecular complexity index is 458. The Hall–Kier alpha value is -1.34. The van der Waals surface area contributed by atoms with Crippen LogP contribution >= 0.6 is 0 Å². The smallest absolute Gasteiger partial charge is 0.416 e. The van der Waals surface area contributed by atoms with E-state index in [1.165, 1.54) is 0 Å². The topological polar surface area (TPSA) is 35.5 Å². The Kier molecular flexibility index (Phi) is 4.49. The number of nitrogens with zero attached hydrogens (tertiary/aromatic N) is 1. The number of benzene rings is 1. The molecule has 0 bridgehead atoms. The lowest BCUT2D eigenvalue weighted by atomic mass is 10.0. The van der Waals surface area contributed by atoms with E-state index in [2.05, 4.69) is 5.32 Å². The van der Waals surface area contributed by atoms with Crippen LogP contribution in [-0.4, -0.2) is 42.9 Å². The lowest BCUT2D eigenvalue weighted by Crippen LogP contribution is -2.45. The second kappa shape index (κ2) is 5.97. The Labute approximate surface area is 114 Å². The molecule has 1 fully saturated rings. The first kappa shape index (κ1) is 15.1. The molecule has 1 atom stereocenters. The van der Waals surface area contributed by atoms with E-state index in [0.29, 0.717) is 26.2 Å². The average Bonchev–Trinajstić information content (AvgIpc) is 2.41. The van der Waals surface area contributed by atoms with Crippen LogP contribution in [0.15, 0.2) is 18.2 Å². The van der Waals surface area contributed by atoms with Gasteiger partial charge < -0.3 is 10.4 Å². The molecule has 0 amide bonds. The van der Waals surface area contributed by atoms with Gasteiger partial charge in [-0.15, -0.1) is 0 Å². The number of halogens is 4. The number of hydrogen-bond acceptors (Lipinski definition) is 3. The number of alkyl halides is 4. The molecule has 3 nitrogen and oxygen atoms in total. The Morgan fingerprint density at radius 2 is 1.90 bits per heavy atom. The van der Waals surface area contributed by atoms with Crippen LogP contribution in [-0.2, 0) is 6.18 Å². The van der Waals surface area contributed by atoms with Gasteiger partial charge in [-0.25, -0.2) is 4.39 Å². The number of nitrogens with one attached hydrogen (secondary N) is 1. The number of hydrogen-bond donors (Lipinski definition) is 2. The van der Waals surface area contributed by atoms with Crippen LogP contribution in [0.25, 0.3) is 0 Å². The molecule has 0 aromatic heterocycles. The molecule has 0 unspecified atom stereocenters. The minimum absolute atomic E-state index is 0.00998. The van der Waals surface area contributed by atoms with Crippen molar-refractivity contribution in [1.29, 1.82) is 0 Å². The molecule has 0 spiro atoms. The first-order valence-corrected chi connectivity index (χ1v) is 6.34. The van der Waals surface area contributed by atoms with Gasteiger partial charge in [0.2, 0.25) is 0 Å². The highest BCUT2D eigenvalue weighted by atomic mass is 19.4. The molecule has 1 heterocycles. The Balaban J connectivity index is 2.32. The molecule has 0 saturated carbocycles. The lowest BCUT2D eigenvalue weighted by Gasteiger charge is -2.34. The number of piperazine rings is 1. The first-order chi connectivity index (χ1) is 9.43. The molecule has 0 aliphatic carbocycles. The number of phenolic OH excluding ortho intramolecular Hbond substituents is 1. The summed E-state index contributed by atoms with van der Waals surface area (Å²) in [5.41, 5.74) is -0.886. The summed E-state index contributed by atoms with van der Waals surface area (Å²) < 4.78 is 51.4. The quantitative estimate of drug-likeness (QED) is 0.839. The van der Waals surface area contributed by atoms with Crippen LogP contribution in [0.1, 0.15) is 17.2 Å². The van der Waals surface area contributed by atoms with Crippen molar-refractivity contribution in [3.63, 3.8) is 0 Å². The number of rotatable bonds is 3. The molecule has 2 rings (SSSR count). The SMILES string of the molecule is Oc1ccc(C(F)(F)F)cc1[C@@H](CF)N1CCNCC1. The summed E-state index contributed by atoms with van der Waals surface area (Å²) in [7, 11) is 0. The predicted octanol–water partition coefficient (Wildman–Crippen LogP) is 2.33. The van der Waals surface area contributed by atoms with Gasteiger partial charge in [0.25, 0.3) is 0 Å². The molecule has 112 valence electrons. The Morgan fingerprint density at radius 3 is 2.45 bits per heavy atom. The van der Waals surface area contributed by atoms with Crippen molar-refractivity contribution in [3.8, 4) is 5.75 Å². The summed E-state index contributed by atoms with van der Waals surface area (Å²) in [6.45, 7) is 1.52. The van der Waals surface area contributed by atoms with Crippen molar-refractivity contribution >= 4 is 0 Å². The summed E-state index contributed by atoms with van der Waals surface area (Å²) >= 11 is 0. The third-order valence-electron chi connectivity index (χ3n) is 3.45. The third-order valence-corrected chi connectivity index (χ3v) is 3.45. The van der Waals surface area contributed by atoms with Crippen LogP contribution in [0.5, 0.6) is 5.75 Å². The molecule has 7 heteroatoms. The van der Waals surface area contributed by atoms with Gasteiger partial charge in [-0.2, -0.15) is 13.2 Å². The van der Waals surface area contributed by atoms with E-state index < -0.39 is 24.5 Å². The monoisotopic (exact) mass is 292 g/mol. The van der Waals surface area contributed by atoms with Crippen LogP contribution in [0.2, 0.25) is 0 Å². The molecular weight excluding hydrogens is 276 g/mol. The zero-order chi connectivity index (χ0) is 14.8. The second-order valence-corrected chi connectivity index (χ2v) is 4.73. The van der Waals surface area contributed by atoms with E-state index in [1.54, 1.807) is 4.90 Å². The number of phenols is 1. The van der Waals surface area contributed by atoms with Crippen molar-refractivity contribution in [2.75, 3.05) is 32.9 Å². The number of aromatic hydroxyl groups is 1. The molecule has 20 heavy (non-hydrogen) atoms. The largest absolute Gasteiger partial charge is 0.508 e. The zero-order valence-electron chi connectivity index (χ0n) is 10.8. The van der Waals surface area contributed by atoms with E-state index in [9.17, 15) is 22.7 Å². The summed E-state index contributed by atoms with van der Waals surface area (Å²) in [5, 5.41) is 12.8. The van der Waals surface area contributed by atoms with Crippen molar-refractivity contribution in [2.24, 2.45) is 0 Å². The minimum atomic E-state index is -4.51. The molecule has 1 aromatic carbocycles. The highest BCUT2D eigenvalue weighted by Gasteiger charge is 2.33. The van der Waals surface area contributed by atoms with Crippen LogP contribution in [0, 0.1) is 0 Å². The van der Waals surface area contributed by atoms with Crippen LogP contribution in [0.4, 0.5) is 17.6 Å². The van der Waals surface area contributed by atoms with Gasteiger partial charge >= 0.3 is 6.18 Å². The van der Waals surface area contributed by atoms with Gasteiger partial charge in [-0.3, -0.25) is 4.90 Å². The normalized spacial score (nSPS) is 19.0. The van der Waals surface area contributed by atoms with E-state index in [0.717, 1.165) is 18.2 Å². The highest BCUT2D eigenvalue weighted by molar-refractivity contribution is 5.39. The standard InChI is InChI=1S/C13H16F4N2O/c14-8-11(19-5-3-18-4-6-19)10-7-9(13(15,16)17)1-2-12(10)20/h1-2,7,11,18,20H,3-6,8H2/t11-/m1/s1. The zero-order valence-corrected chi connectivity index (χ0v) is 10.8. The summed E-state index contributed by atoms with van der Waals surface area (Å²) in [4.78, 5) is 1.74. The fraction of sp³-hybridized carbons (Fsp3) is 0.538. The molecule has 0 radical (unpaired) electrons. The predicted molar refractivity (Wildman–Crippen MR) is 66.3 cm³/mol. The maximum atomic E-state index is 13.3. The van der Waals surface area contributed by atoms with E-state index in [1.807, 2.05) is 0 Å². The molecular formula is C13H16F4N2O. The summed E-state index contributed by atoms with van der Waals surface area (Å²) in [6.07, 6.45) is -4.51. The van der Waals surface area contributed by atoms with Gasteiger partial charge in [-0.05, 0) is 18.2 Å². The molecule has 1 aliphatic rings. The fourth-order valence-electron chi connectivity index (χ4n) is 2.37. The van der Waals surface area contributed by atoms with E-state index in [-0.39, 0.29) is 11.3 Å². The van der Waals surface area contributed by atoms with Crippen molar-refractivity contribution in [1.82, 2.24) is 10.2 Å². The van der Waals surface area contributed by atoms with E-state index in [4.69, 9.17) is 0 Å². The van der Waals surface area contributed by atoms with Crippen molar-refractivity contribution in [3.05, 3.63) is 29.3 Å². The van der Waals surface area contributed by atoms with Crippen LogP contribution < -0.4 is 5.32 Å². The molecule has 1 aromatic rings. The Morgan fingerprint density at radius 1 is 1.25 bits per heavy atom. The van der Waals surface area contributed by atoms with Gasteiger partial charge in [-0.1, -0.05) is 0 Å². The molecule has 2 N–H and O–H groups in total. The van der Waals surface area contributed by atoms with Crippen LogP contribution in [0.3, 0.4) is 0 Å².